The summed E-state index contributed by atoms with van der Waals surface area (Å²) in [7, 11) is 5.63. The maximum Gasteiger partial charge on any atom is 0.216 e. The van der Waals surface area contributed by atoms with Crippen molar-refractivity contribution in [1.29, 1.82) is 0 Å². The second kappa shape index (κ2) is 5.52. The summed E-state index contributed by atoms with van der Waals surface area (Å²) >= 11 is 0. The van der Waals surface area contributed by atoms with Crippen LogP contribution in [0.3, 0.4) is 0 Å². The summed E-state index contributed by atoms with van der Waals surface area (Å²) < 4.78 is 9.25. The quantitative estimate of drug-likeness (QED) is 0.929. The van der Waals surface area contributed by atoms with E-state index in [1.54, 1.807) is 11.8 Å². The van der Waals surface area contributed by atoms with Crippen LogP contribution in [0.5, 0.6) is 5.88 Å². The molecule has 2 aromatic heterocycles. The van der Waals surface area contributed by atoms with Crippen LogP contribution in [0.1, 0.15) is 41.4 Å². The average molecular weight is 289 g/mol. The molecular weight excluding hydrogens is 266 g/mol. The molecule has 0 saturated carbocycles. The molecule has 0 unspecified atom stereocenters. The molecular formula is C15H23N5O. The minimum atomic E-state index is 0.367. The molecule has 1 aliphatic carbocycles. The molecule has 0 radical (unpaired) electrons. The van der Waals surface area contributed by atoms with Crippen LogP contribution in [0.25, 0.3) is 0 Å². The highest BCUT2D eigenvalue weighted by Crippen LogP contribution is 2.30. The Balaban J connectivity index is 1.77. The normalized spacial score (nSPS) is 17.8. The smallest absolute Gasteiger partial charge is 0.216 e. The van der Waals surface area contributed by atoms with E-state index < -0.39 is 0 Å². The SMILES string of the molecule is COc1c(CN[C@@H]2CCCc3c2cnn3C)c(C)nn1C. The largest absolute Gasteiger partial charge is 0.481 e. The van der Waals surface area contributed by atoms with E-state index in [1.807, 2.05) is 31.9 Å². The third-order valence-electron chi connectivity index (χ3n) is 4.38. The summed E-state index contributed by atoms with van der Waals surface area (Å²) in [5.74, 6) is 0.835. The van der Waals surface area contributed by atoms with Crippen molar-refractivity contribution < 1.29 is 4.74 Å². The van der Waals surface area contributed by atoms with Gasteiger partial charge in [-0.1, -0.05) is 0 Å². The molecule has 2 heterocycles. The average Bonchev–Trinajstić information content (AvgIpc) is 2.97. The number of ether oxygens (including phenoxy) is 1. The maximum atomic E-state index is 5.45. The predicted molar refractivity (Wildman–Crippen MR) is 80.2 cm³/mol. The van der Waals surface area contributed by atoms with E-state index in [4.69, 9.17) is 4.74 Å². The summed E-state index contributed by atoms with van der Waals surface area (Å²) in [4.78, 5) is 0. The highest BCUT2D eigenvalue weighted by atomic mass is 16.5. The summed E-state index contributed by atoms with van der Waals surface area (Å²) in [6, 6.07) is 0.367. The molecule has 0 aliphatic heterocycles. The third kappa shape index (κ3) is 2.44. The van der Waals surface area contributed by atoms with Crippen LogP contribution in [0, 0.1) is 6.92 Å². The van der Waals surface area contributed by atoms with Crippen molar-refractivity contribution in [2.75, 3.05) is 7.11 Å². The van der Waals surface area contributed by atoms with E-state index in [1.165, 1.54) is 17.7 Å². The van der Waals surface area contributed by atoms with Gasteiger partial charge in [-0.05, 0) is 26.2 Å². The number of fused-ring (bicyclic) bond motifs is 1. The van der Waals surface area contributed by atoms with Gasteiger partial charge < -0.3 is 10.1 Å². The molecule has 6 heteroatoms. The van der Waals surface area contributed by atoms with Crippen molar-refractivity contribution in [3.05, 3.63) is 28.7 Å². The molecule has 6 nitrogen and oxygen atoms in total. The van der Waals surface area contributed by atoms with Crippen molar-refractivity contribution in [2.24, 2.45) is 14.1 Å². The Morgan fingerprint density at radius 2 is 2.19 bits per heavy atom. The molecule has 21 heavy (non-hydrogen) atoms. The van der Waals surface area contributed by atoms with Gasteiger partial charge in [0.2, 0.25) is 5.88 Å². The fourth-order valence-electron chi connectivity index (χ4n) is 3.28. The number of hydrogen-bond acceptors (Lipinski definition) is 4. The van der Waals surface area contributed by atoms with Crippen molar-refractivity contribution in [3.8, 4) is 5.88 Å². The number of hydrogen-bond donors (Lipinski definition) is 1. The first-order valence-corrected chi connectivity index (χ1v) is 7.42. The number of aryl methyl sites for hydroxylation is 3. The van der Waals surface area contributed by atoms with Crippen molar-refractivity contribution >= 4 is 0 Å². The van der Waals surface area contributed by atoms with Gasteiger partial charge >= 0.3 is 0 Å². The molecule has 0 spiro atoms. The Hall–Kier alpha value is -1.82. The van der Waals surface area contributed by atoms with Gasteiger partial charge in [-0.25, -0.2) is 4.68 Å². The van der Waals surface area contributed by atoms with Gasteiger partial charge in [-0.3, -0.25) is 4.68 Å². The van der Waals surface area contributed by atoms with Crippen LogP contribution in [0.15, 0.2) is 6.20 Å². The zero-order chi connectivity index (χ0) is 15.0. The molecule has 0 bridgehead atoms. The Kier molecular flexibility index (Phi) is 3.71. The lowest BCUT2D eigenvalue weighted by Gasteiger charge is -2.24. The number of nitrogens with zero attached hydrogens (tertiary/aromatic N) is 4. The van der Waals surface area contributed by atoms with Gasteiger partial charge in [-0.15, -0.1) is 0 Å². The maximum absolute atomic E-state index is 5.45. The van der Waals surface area contributed by atoms with E-state index in [0.29, 0.717) is 6.04 Å². The van der Waals surface area contributed by atoms with Gasteiger partial charge in [0.05, 0.1) is 24.6 Å². The zero-order valence-corrected chi connectivity index (χ0v) is 13.2. The second-order valence-corrected chi connectivity index (χ2v) is 5.69. The van der Waals surface area contributed by atoms with Gasteiger partial charge in [0.1, 0.15) is 0 Å². The molecule has 1 atom stereocenters. The summed E-state index contributed by atoms with van der Waals surface area (Å²) in [6.07, 6.45) is 5.48. The first kappa shape index (κ1) is 14.1. The molecule has 0 aromatic carbocycles. The van der Waals surface area contributed by atoms with Crippen LogP contribution in [0.4, 0.5) is 0 Å². The molecule has 0 amide bonds. The zero-order valence-electron chi connectivity index (χ0n) is 13.2. The number of methoxy groups -OCH3 is 1. The van der Waals surface area contributed by atoms with Gasteiger partial charge in [0.25, 0.3) is 0 Å². The van der Waals surface area contributed by atoms with E-state index in [9.17, 15) is 0 Å². The van der Waals surface area contributed by atoms with Crippen LogP contribution in [-0.4, -0.2) is 26.7 Å². The fourth-order valence-corrected chi connectivity index (χ4v) is 3.28. The van der Waals surface area contributed by atoms with Crippen LogP contribution in [0.2, 0.25) is 0 Å². The first-order chi connectivity index (χ1) is 10.1. The predicted octanol–water partition coefficient (Wildman–Crippen LogP) is 1.64. The lowest BCUT2D eigenvalue weighted by Crippen LogP contribution is -2.25. The molecule has 114 valence electrons. The highest BCUT2D eigenvalue weighted by Gasteiger charge is 2.24. The molecule has 1 aliphatic rings. The summed E-state index contributed by atoms with van der Waals surface area (Å²) in [5.41, 5.74) is 4.85. The van der Waals surface area contributed by atoms with Crippen LogP contribution >= 0.6 is 0 Å². The van der Waals surface area contributed by atoms with Crippen LogP contribution < -0.4 is 10.1 Å². The lowest BCUT2D eigenvalue weighted by molar-refractivity contribution is 0.365. The molecule has 3 rings (SSSR count). The second-order valence-electron chi connectivity index (χ2n) is 5.69. The Labute approximate surface area is 125 Å². The van der Waals surface area contributed by atoms with E-state index in [2.05, 4.69) is 15.5 Å². The molecule has 1 N–H and O–H groups in total. The van der Waals surface area contributed by atoms with Crippen molar-refractivity contribution in [1.82, 2.24) is 24.9 Å². The topological polar surface area (TPSA) is 56.9 Å². The Bertz CT molecular complexity index is 643. The Morgan fingerprint density at radius 1 is 1.38 bits per heavy atom. The standard InChI is InChI=1S/C15H23N5O/c1-10-11(15(21-4)20(3)18-10)8-16-13-6-5-7-14-12(13)9-17-19(14)2/h9,13,16H,5-8H2,1-4H3/t13-/m1/s1. The highest BCUT2D eigenvalue weighted by molar-refractivity contribution is 5.31. The van der Waals surface area contributed by atoms with Gasteiger partial charge in [-0.2, -0.15) is 10.2 Å². The molecule has 0 saturated heterocycles. The van der Waals surface area contributed by atoms with E-state index in [0.717, 1.165) is 36.5 Å². The van der Waals surface area contributed by atoms with Crippen molar-refractivity contribution in [3.63, 3.8) is 0 Å². The van der Waals surface area contributed by atoms with Gasteiger partial charge in [0.15, 0.2) is 0 Å². The van der Waals surface area contributed by atoms with E-state index in [-0.39, 0.29) is 0 Å². The lowest BCUT2D eigenvalue weighted by atomic mass is 9.93. The number of aromatic nitrogens is 4. The minimum Gasteiger partial charge on any atom is -0.481 e. The summed E-state index contributed by atoms with van der Waals surface area (Å²) in [5, 5.41) is 12.5. The molecule has 0 fully saturated rings. The van der Waals surface area contributed by atoms with Crippen molar-refractivity contribution in [2.45, 2.75) is 38.8 Å². The first-order valence-electron chi connectivity index (χ1n) is 7.42. The monoisotopic (exact) mass is 289 g/mol. The van der Waals surface area contributed by atoms with E-state index >= 15 is 0 Å². The fraction of sp³-hybridized carbons (Fsp3) is 0.600. The Morgan fingerprint density at radius 3 is 2.95 bits per heavy atom. The van der Waals surface area contributed by atoms with Gasteiger partial charge in [0, 0.05) is 37.9 Å². The van der Waals surface area contributed by atoms with Crippen LogP contribution in [-0.2, 0) is 27.1 Å². The summed E-state index contributed by atoms with van der Waals surface area (Å²) in [6.45, 7) is 2.79. The minimum absolute atomic E-state index is 0.367. The third-order valence-corrected chi connectivity index (χ3v) is 4.38. The number of nitrogens with one attached hydrogen (secondary N) is 1. The number of rotatable bonds is 4. The molecule has 2 aromatic rings.